The molecule has 2 rings (SSSR count). The van der Waals surface area contributed by atoms with Crippen LogP contribution in [0.3, 0.4) is 0 Å². The van der Waals surface area contributed by atoms with Gasteiger partial charge in [0.2, 0.25) is 0 Å². The molecule has 0 radical (unpaired) electrons. The second-order valence-corrected chi connectivity index (χ2v) is 6.08. The Morgan fingerprint density at radius 3 is 2.52 bits per heavy atom. The highest BCUT2D eigenvalue weighted by atomic mass is 32.2. The molecular formula is C14H14F2N2O2S. The van der Waals surface area contributed by atoms with Crippen molar-refractivity contribution in [2.45, 2.75) is 18.2 Å². The number of nitrogens with one attached hydrogen (secondary N) is 1. The number of benzene rings is 2. The van der Waals surface area contributed by atoms with Crippen molar-refractivity contribution in [3.8, 4) is 0 Å². The fourth-order valence-corrected chi connectivity index (χ4v) is 3.13. The van der Waals surface area contributed by atoms with E-state index in [2.05, 4.69) is 4.72 Å². The molecule has 0 heterocycles. The first kappa shape index (κ1) is 15.2. The van der Waals surface area contributed by atoms with Gasteiger partial charge in [0.15, 0.2) is 11.6 Å². The zero-order valence-corrected chi connectivity index (χ0v) is 12.0. The SMILES string of the molecule is CCc1ccccc1NS(=O)(=O)c1cc(N)cc(F)c1F. The number of anilines is 2. The van der Waals surface area contributed by atoms with Crippen LogP contribution in [0.4, 0.5) is 20.2 Å². The first-order valence-electron chi connectivity index (χ1n) is 6.20. The van der Waals surface area contributed by atoms with Crippen LogP contribution in [-0.2, 0) is 16.4 Å². The Morgan fingerprint density at radius 1 is 1.19 bits per heavy atom. The van der Waals surface area contributed by atoms with E-state index in [1.54, 1.807) is 24.3 Å². The van der Waals surface area contributed by atoms with Crippen molar-refractivity contribution >= 4 is 21.4 Å². The first-order valence-corrected chi connectivity index (χ1v) is 7.68. The van der Waals surface area contributed by atoms with E-state index in [1.165, 1.54) is 0 Å². The van der Waals surface area contributed by atoms with Crippen LogP contribution in [0.5, 0.6) is 0 Å². The summed E-state index contributed by atoms with van der Waals surface area (Å²) in [5.41, 5.74) is 6.27. The van der Waals surface area contributed by atoms with E-state index in [1.807, 2.05) is 6.92 Å². The highest BCUT2D eigenvalue weighted by Gasteiger charge is 2.23. The molecule has 0 aliphatic heterocycles. The highest BCUT2D eigenvalue weighted by Crippen LogP contribution is 2.25. The molecule has 0 saturated carbocycles. The Balaban J connectivity index is 2.49. The van der Waals surface area contributed by atoms with E-state index in [4.69, 9.17) is 5.73 Å². The molecule has 3 N–H and O–H groups in total. The van der Waals surface area contributed by atoms with Crippen molar-refractivity contribution in [1.29, 1.82) is 0 Å². The molecule has 0 aliphatic carbocycles. The van der Waals surface area contributed by atoms with Crippen molar-refractivity contribution in [1.82, 2.24) is 0 Å². The summed E-state index contributed by atoms with van der Waals surface area (Å²) < 4.78 is 53.7. The number of hydrogen-bond donors (Lipinski definition) is 2. The third-order valence-electron chi connectivity index (χ3n) is 2.95. The molecule has 0 aliphatic rings. The van der Waals surface area contributed by atoms with E-state index in [0.717, 1.165) is 17.7 Å². The maximum absolute atomic E-state index is 13.7. The molecule has 4 nitrogen and oxygen atoms in total. The lowest BCUT2D eigenvalue weighted by molar-refractivity contribution is 0.486. The zero-order valence-electron chi connectivity index (χ0n) is 11.2. The second-order valence-electron chi connectivity index (χ2n) is 4.43. The van der Waals surface area contributed by atoms with Gasteiger partial charge >= 0.3 is 0 Å². The van der Waals surface area contributed by atoms with E-state index < -0.39 is 26.6 Å². The molecule has 0 spiro atoms. The van der Waals surface area contributed by atoms with Crippen LogP contribution in [0, 0.1) is 11.6 Å². The van der Waals surface area contributed by atoms with Gasteiger partial charge in [0.25, 0.3) is 10.0 Å². The number of halogens is 2. The van der Waals surface area contributed by atoms with Crippen LogP contribution in [0.15, 0.2) is 41.3 Å². The van der Waals surface area contributed by atoms with E-state index in [9.17, 15) is 17.2 Å². The highest BCUT2D eigenvalue weighted by molar-refractivity contribution is 7.92. The Hall–Kier alpha value is -2.15. The van der Waals surface area contributed by atoms with Crippen LogP contribution in [0.2, 0.25) is 0 Å². The lowest BCUT2D eigenvalue weighted by Crippen LogP contribution is -2.16. The number of rotatable bonds is 4. The smallest absolute Gasteiger partial charge is 0.265 e. The lowest BCUT2D eigenvalue weighted by Gasteiger charge is -2.12. The summed E-state index contributed by atoms with van der Waals surface area (Å²) in [5.74, 6) is -2.76. The van der Waals surface area contributed by atoms with E-state index in [-0.39, 0.29) is 5.69 Å². The molecule has 0 amide bonds. The summed E-state index contributed by atoms with van der Waals surface area (Å²) in [7, 11) is -4.27. The van der Waals surface area contributed by atoms with Gasteiger partial charge < -0.3 is 5.73 Å². The van der Waals surface area contributed by atoms with Gasteiger partial charge in [-0.15, -0.1) is 0 Å². The summed E-state index contributed by atoms with van der Waals surface area (Å²) in [5, 5.41) is 0. The van der Waals surface area contributed by atoms with Crippen LogP contribution < -0.4 is 10.5 Å². The predicted octanol–water partition coefficient (Wildman–Crippen LogP) is 2.91. The maximum atomic E-state index is 13.7. The standard InChI is InChI=1S/C14H14F2N2O2S/c1-2-9-5-3-4-6-12(9)18-21(19,20)13-8-10(17)7-11(15)14(13)16/h3-8,18H,2,17H2,1H3. The van der Waals surface area contributed by atoms with Crippen LogP contribution in [0.25, 0.3) is 0 Å². The Morgan fingerprint density at radius 2 is 1.86 bits per heavy atom. The van der Waals surface area contributed by atoms with Crippen LogP contribution in [-0.4, -0.2) is 8.42 Å². The van der Waals surface area contributed by atoms with Gasteiger partial charge in [-0.05, 0) is 30.2 Å². The minimum Gasteiger partial charge on any atom is -0.399 e. The number of para-hydroxylation sites is 1. The molecule has 0 atom stereocenters. The average Bonchev–Trinajstić information content (AvgIpc) is 2.43. The molecule has 0 saturated heterocycles. The Bertz CT molecular complexity index is 777. The fraction of sp³-hybridized carbons (Fsp3) is 0.143. The van der Waals surface area contributed by atoms with Crippen LogP contribution in [0.1, 0.15) is 12.5 Å². The number of nitrogen functional groups attached to an aromatic ring is 1. The molecular weight excluding hydrogens is 298 g/mol. The summed E-state index contributed by atoms with van der Waals surface area (Å²) in [6.07, 6.45) is 0.590. The van der Waals surface area contributed by atoms with Gasteiger partial charge in [0, 0.05) is 5.69 Å². The lowest BCUT2D eigenvalue weighted by atomic mass is 10.1. The molecule has 112 valence electrons. The topological polar surface area (TPSA) is 72.2 Å². The molecule has 0 aromatic heterocycles. The van der Waals surface area contributed by atoms with Gasteiger partial charge in [0.1, 0.15) is 4.90 Å². The maximum Gasteiger partial charge on any atom is 0.265 e. The Kier molecular flexibility index (Phi) is 4.13. The normalized spacial score (nSPS) is 11.4. The Labute approximate surface area is 121 Å². The van der Waals surface area contributed by atoms with Crippen molar-refractivity contribution in [3.63, 3.8) is 0 Å². The zero-order chi connectivity index (χ0) is 15.6. The summed E-state index contributed by atoms with van der Waals surface area (Å²) >= 11 is 0. The summed E-state index contributed by atoms with van der Waals surface area (Å²) in [6, 6.07) is 8.32. The van der Waals surface area contributed by atoms with Gasteiger partial charge in [-0.3, -0.25) is 4.72 Å². The molecule has 2 aromatic carbocycles. The molecule has 21 heavy (non-hydrogen) atoms. The second kappa shape index (κ2) is 5.69. The van der Waals surface area contributed by atoms with Crippen molar-refractivity contribution in [2.75, 3.05) is 10.5 Å². The molecule has 0 unspecified atom stereocenters. The molecule has 2 aromatic rings. The summed E-state index contributed by atoms with van der Waals surface area (Å²) in [4.78, 5) is -0.814. The monoisotopic (exact) mass is 312 g/mol. The average molecular weight is 312 g/mol. The van der Waals surface area contributed by atoms with E-state index in [0.29, 0.717) is 12.1 Å². The van der Waals surface area contributed by atoms with Gasteiger partial charge in [-0.2, -0.15) is 0 Å². The quantitative estimate of drug-likeness (QED) is 0.853. The molecule has 7 heteroatoms. The summed E-state index contributed by atoms with van der Waals surface area (Å²) in [6.45, 7) is 1.86. The third-order valence-corrected chi connectivity index (χ3v) is 4.31. The molecule has 0 fully saturated rings. The van der Waals surface area contributed by atoms with Gasteiger partial charge in [-0.25, -0.2) is 17.2 Å². The number of sulfonamides is 1. The predicted molar refractivity (Wildman–Crippen MR) is 77.4 cm³/mol. The number of hydrogen-bond acceptors (Lipinski definition) is 3. The van der Waals surface area contributed by atoms with Crippen molar-refractivity contribution in [2.24, 2.45) is 0 Å². The third kappa shape index (κ3) is 3.13. The fourth-order valence-electron chi connectivity index (χ4n) is 1.91. The van der Waals surface area contributed by atoms with E-state index >= 15 is 0 Å². The van der Waals surface area contributed by atoms with Crippen molar-refractivity contribution in [3.05, 3.63) is 53.6 Å². The minimum absolute atomic E-state index is 0.168. The largest absolute Gasteiger partial charge is 0.399 e. The van der Waals surface area contributed by atoms with Crippen molar-refractivity contribution < 1.29 is 17.2 Å². The van der Waals surface area contributed by atoms with Gasteiger partial charge in [-0.1, -0.05) is 25.1 Å². The minimum atomic E-state index is -4.27. The van der Waals surface area contributed by atoms with Crippen LogP contribution >= 0.6 is 0 Å². The van der Waals surface area contributed by atoms with Gasteiger partial charge in [0.05, 0.1) is 5.69 Å². The molecule has 0 bridgehead atoms. The number of aryl methyl sites for hydroxylation is 1. The number of nitrogens with two attached hydrogens (primary N) is 1. The first-order chi connectivity index (χ1) is 9.85.